The number of carbonyl (C=O) groups excluding carboxylic acids is 1. The molecule has 0 aromatic heterocycles. The quantitative estimate of drug-likeness (QED) is 0.718. The zero-order chi connectivity index (χ0) is 11.5. The Morgan fingerprint density at radius 3 is 2.87 bits per heavy atom. The first-order valence-corrected chi connectivity index (χ1v) is 5.73. The van der Waals surface area contributed by atoms with Gasteiger partial charge in [0.05, 0.1) is 11.6 Å². The van der Waals surface area contributed by atoms with Gasteiger partial charge < -0.3 is 15.7 Å². The van der Waals surface area contributed by atoms with Crippen molar-refractivity contribution in [3.05, 3.63) is 0 Å². The van der Waals surface area contributed by atoms with Crippen LogP contribution >= 0.6 is 0 Å². The van der Waals surface area contributed by atoms with Crippen LogP contribution in [0, 0.1) is 0 Å². The Morgan fingerprint density at radius 1 is 1.67 bits per heavy atom. The first kappa shape index (κ1) is 12.5. The van der Waals surface area contributed by atoms with E-state index in [0.29, 0.717) is 13.0 Å². The summed E-state index contributed by atoms with van der Waals surface area (Å²) in [5, 5.41) is 9.49. The van der Waals surface area contributed by atoms with Crippen molar-refractivity contribution in [1.82, 2.24) is 4.90 Å². The third-order valence-electron chi connectivity index (χ3n) is 2.94. The molecule has 2 atom stereocenters. The van der Waals surface area contributed by atoms with Crippen LogP contribution in [0.5, 0.6) is 0 Å². The summed E-state index contributed by atoms with van der Waals surface area (Å²) in [5.74, 6) is -0.0249. The summed E-state index contributed by atoms with van der Waals surface area (Å²) < 4.78 is 0. The third-order valence-corrected chi connectivity index (χ3v) is 2.94. The number of nitrogens with zero attached hydrogens (tertiary/aromatic N) is 1. The lowest BCUT2D eigenvalue weighted by Gasteiger charge is -2.35. The Balaban J connectivity index is 2.58. The molecule has 88 valence electrons. The topological polar surface area (TPSA) is 66.6 Å². The molecule has 0 aromatic rings. The average molecular weight is 214 g/mol. The van der Waals surface area contributed by atoms with E-state index in [1.54, 1.807) is 11.8 Å². The lowest BCUT2D eigenvalue weighted by molar-refractivity contribution is -0.139. The van der Waals surface area contributed by atoms with E-state index in [0.717, 1.165) is 25.8 Å². The molecule has 15 heavy (non-hydrogen) atoms. The molecule has 0 aliphatic carbocycles. The predicted molar refractivity (Wildman–Crippen MR) is 59.3 cm³/mol. The van der Waals surface area contributed by atoms with Crippen molar-refractivity contribution in [3.63, 3.8) is 0 Å². The maximum atomic E-state index is 12.0. The number of β-amino-alcohol motifs (C(OH)–C–C–N with tert-alkyl or cyclic N) is 1. The fourth-order valence-electron chi connectivity index (χ4n) is 2.13. The number of aliphatic hydroxyl groups is 1. The van der Waals surface area contributed by atoms with E-state index >= 15 is 0 Å². The van der Waals surface area contributed by atoms with Crippen LogP contribution in [0.15, 0.2) is 0 Å². The van der Waals surface area contributed by atoms with Gasteiger partial charge in [0.25, 0.3) is 0 Å². The van der Waals surface area contributed by atoms with Crippen LogP contribution in [0.2, 0.25) is 0 Å². The molecule has 0 bridgehead atoms. The summed E-state index contributed by atoms with van der Waals surface area (Å²) in [6.45, 7) is 4.96. The van der Waals surface area contributed by atoms with Crippen molar-refractivity contribution in [2.24, 2.45) is 5.73 Å². The fraction of sp³-hybridized carbons (Fsp3) is 0.909. The summed E-state index contributed by atoms with van der Waals surface area (Å²) in [6.07, 6.45) is 2.88. The minimum absolute atomic E-state index is 0.0249. The summed E-state index contributed by atoms with van der Waals surface area (Å²) in [6, 6.07) is 0. The number of aliphatic hydroxyl groups excluding tert-OH is 1. The maximum Gasteiger partial charge on any atom is 0.242 e. The van der Waals surface area contributed by atoms with E-state index in [1.165, 1.54) is 0 Å². The van der Waals surface area contributed by atoms with E-state index in [-0.39, 0.29) is 12.0 Å². The fourth-order valence-corrected chi connectivity index (χ4v) is 2.13. The van der Waals surface area contributed by atoms with Crippen molar-refractivity contribution in [2.45, 2.75) is 51.2 Å². The molecule has 1 aliphatic rings. The molecule has 2 unspecified atom stereocenters. The molecule has 3 N–H and O–H groups in total. The number of hydrogen-bond acceptors (Lipinski definition) is 3. The zero-order valence-corrected chi connectivity index (χ0v) is 9.70. The van der Waals surface area contributed by atoms with Gasteiger partial charge in [-0.05, 0) is 26.2 Å². The molecule has 0 radical (unpaired) electrons. The summed E-state index contributed by atoms with van der Waals surface area (Å²) in [4.78, 5) is 13.7. The molecular formula is C11H22N2O2. The molecule has 1 amide bonds. The van der Waals surface area contributed by atoms with Crippen LogP contribution in [0.25, 0.3) is 0 Å². The summed E-state index contributed by atoms with van der Waals surface area (Å²) >= 11 is 0. The van der Waals surface area contributed by atoms with E-state index < -0.39 is 5.54 Å². The lowest BCUT2D eigenvalue weighted by atomic mass is 9.94. The highest BCUT2D eigenvalue weighted by Crippen LogP contribution is 2.17. The zero-order valence-electron chi connectivity index (χ0n) is 9.70. The van der Waals surface area contributed by atoms with Gasteiger partial charge in [0.15, 0.2) is 0 Å². The first-order valence-electron chi connectivity index (χ1n) is 5.73. The second kappa shape index (κ2) is 4.94. The Kier molecular flexibility index (Phi) is 4.11. The minimum atomic E-state index is -0.772. The molecule has 1 saturated heterocycles. The van der Waals surface area contributed by atoms with Crippen molar-refractivity contribution in [1.29, 1.82) is 0 Å². The van der Waals surface area contributed by atoms with Crippen LogP contribution in [0.3, 0.4) is 0 Å². The van der Waals surface area contributed by atoms with E-state index in [9.17, 15) is 9.90 Å². The van der Waals surface area contributed by atoms with Crippen LogP contribution in [-0.2, 0) is 4.79 Å². The molecule has 0 saturated carbocycles. The number of carbonyl (C=O) groups is 1. The third kappa shape index (κ3) is 3.18. The summed E-state index contributed by atoms with van der Waals surface area (Å²) in [7, 11) is 0. The number of hydrogen-bond donors (Lipinski definition) is 2. The number of rotatable bonds is 3. The number of piperidine rings is 1. The Labute approximate surface area is 91.4 Å². The molecule has 1 fully saturated rings. The smallest absolute Gasteiger partial charge is 0.242 e. The van der Waals surface area contributed by atoms with Gasteiger partial charge in [0.2, 0.25) is 5.91 Å². The number of likely N-dealkylation sites (tertiary alicyclic amines) is 1. The van der Waals surface area contributed by atoms with Gasteiger partial charge in [-0.25, -0.2) is 0 Å². The molecule has 1 heterocycles. The van der Waals surface area contributed by atoms with Crippen LogP contribution in [0.1, 0.15) is 39.5 Å². The maximum absolute atomic E-state index is 12.0. The predicted octanol–water partition coefficient (Wildman–Crippen LogP) is 0.487. The van der Waals surface area contributed by atoms with Crippen molar-refractivity contribution < 1.29 is 9.90 Å². The van der Waals surface area contributed by atoms with Gasteiger partial charge in [0.1, 0.15) is 0 Å². The standard InChI is InChI=1S/C11H22N2O2/c1-3-6-11(2,12)10(15)13-7-4-5-9(14)8-13/h9,14H,3-8,12H2,1-2H3. The van der Waals surface area contributed by atoms with Crippen molar-refractivity contribution in [2.75, 3.05) is 13.1 Å². The molecule has 1 rings (SSSR count). The van der Waals surface area contributed by atoms with Gasteiger partial charge in [-0.3, -0.25) is 4.79 Å². The SMILES string of the molecule is CCCC(C)(N)C(=O)N1CCCC(O)C1. The Morgan fingerprint density at radius 2 is 2.33 bits per heavy atom. The highest BCUT2D eigenvalue weighted by molar-refractivity contribution is 5.85. The number of amides is 1. The van der Waals surface area contributed by atoms with Crippen molar-refractivity contribution in [3.8, 4) is 0 Å². The van der Waals surface area contributed by atoms with Gasteiger partial charge in [-0.1, -0.05) is 13.3 Å². The van der Waals surface area contributed by atoms with Gasteiger partial charge in [0, 0.05) is 13.1 Å². The average Bonchev–Trinajstić information content (AvgIpc) is 2.16. The second-order valence-corrected chi connectivity index (χ2v) is 4.71. The minimum Gasteiger partial charge on any atom is -0.391 e. The van der Waals surface area contributed by atoms with Crippen LogP contribution in [-0.4, -0.2) is 40.6 Å². The molecule has 0 aromatic carbocycles. The van der Waals surface area contributed by atoms with Gasteiger partial charge in [-0.15, -0.1) is 0 Å². The highest BCUT2D eigenvalue weighted by Gasteiger charge is 2.33. The molecule has 0 spiro atoms. The van der Waals surface area contributed by atoms with E-state index in [4.69, 9.17) is 5.73 Å². The van der Waals surface area contributed by atoms with Gasteiger partial charge in [-0.2, -0.15) is 0 Å². The molecule has 1 aliphatic heterocycles. The number of nitrogens with two attached hydrogens (primary N) is 1. The van der Waals surface area contributed by atoms with Crippen LogP contribution in [0.4, 0.5) is 0 Å². The first-order chi connectivity index (χ1) is 6.97. The second-order valence-electron chi connectivity index (χ2n) is 4.71. The molecular weight excluding hydrogens is 192 g/mol. The Bertz CT molecular complexity index is 229. The normalized spacial score (nSPS) is 26.1. The molecule has 4 nitrogen and oxygen atoms in total. The highest BCUT2D eigenvalue weighted by atomic mass is 16.3. The largest absolute Gasteiger partial charge is 0.391 e. The lowest BCUT2D eigenvalue weighted by Crippen LogP contribution is -2.56. The molecule has 4 heteroatoms. The Hall–Kier alpha value is -0.610. The monoisotopic (exact) mass is 214 g/mol. The van der Waals surface area contributed by atoms with E-state index in [2.05, 4.69) is 0 Å². The van der Waals surface area contributed by atoms with E-state index in [1.807, 2.05) is 6.92 Å². The van der Waals surface area contributed by atoms with Crippen molar-refractivity contribution >= 4 is 5.91 Å². The summed E-state index contributed by atoms with van der Waals surface area (Å²) in [5.41, 5.74) is 5.20. The van der Waals surface area contributed by atoms with Gasteiger partial charge >= 0.3 is 0 Å². The van der Waals surface area contributed by atoms with Crippen LogP contribution < -0.4 is 5.73 Å².